The summed E-state index contributed by atoms with van der Waals surface area (Å²) in [5.74, 6) is 1.19. The molecule has 7 heteroatoms. The molecular weight excluding hydrogens is 390 g/mol. The molecule has 2 saturated heterocycles. The van der Waals surface area contributed by atoms with Crippen LogP contribution in [0.25, 0.3) is 0 Å². The summed E-state index contributed by atoms with van der Waals surface area (Å²) in [5.41, 5.74) is 11.4. The van der Waals surface area contributed by atoms with Gasteiger partial charge in [0.05, 0.1) is 6.17 Å². The number of piperidine rings is 1. The molecular formula is C24H39N5O2. The summed E-state index contributed by atoms with van der Waals surface area (Å²) in [6.45, 7) is 3.38. The summed E-state index contributed by atoms with van der Waals surface area (Å²) in [5, 5.41) is 9.95. The van der Waals surface area contributed by atoms with Gasteiger partial charge in [0.1, 0.15) is 12.4 Å². The number of hydroxylamine groups is 1. The Hall–Kier alpha value is -1.51. The molecule has 3 fully saturated rings. The standard InChI is InChI=1S/C24H39N5O2/c1-16-28-23(29-31-16)19-11-9-17(10-12-19)14-27-24(30)20-13-22(25)26-15-21(20)18-7-5-3-2-4-6-8-18/h9-12,16,18,20-23,26,28-29H,2-8,13-15,25H2,1H3,(H,27,30). The molecule has 0 bridgehead atoms. The van der Waals surface area contributed by atoms with E-state index in [-0.39, 0.29) is 30.4 Å². The molecule has 1 aliphatic carbocycles. The first-order valence-electron chi connectivity index (χ1n) is 12.1. The van der Waals surface area contributed by atoms with Crippen LogP contribution >= 0.6 is 0 Å². The van der Waals surface area contributed by atoms with Gasteiger partial charge in [-0.3, -0.25) is 14.9 Å². The topological polar surface area (TPSA) is 100 Å². The molecule has 31 heavy (non-hydrogen) atoms. The van der Waals surface area contributed by atoms with E-state index >= 15 is 0 Å². The highest BCUT2D eigenvalue weighted by molar-refractivity contribution is 5.79. The summed E-state index contributed by atoms with van der Waals surface area (Å²) in [6, 6.07) is 8.29. The van der Waals surface area contributed by atoms with Crippen LogP contribution < -0.4 is 27.2 Å². The van der Waals surface area contributed by atoms with Gasteiger partial charge in [-0.05, 0) is 36.3 Å². The van der Waals surface area contributed by atoms with E-state index in [2.05, 4.69) is 45.7 Å². The van der Waals surface area contributed by atoms with E-state index in [0.717, 1.165) is 24.1 Å². The molecule has 1 aromatic rings. The normalized spacial score (nSPS) is 32.9. The highest BCUT2D eigenvalue weighted by Gasteiger charge is 2.38. The Morgan fingerprint density at radius 2 is 1.84 bits per heavy atom. The van der Waals surface area contributed by atoms with Gasteiger partial charge in [-0.1, -0.05) is 69.2 Å². The lowest BCUT2D eigenvalue weighted by molar-refractivity contribution is -0.129. The van der Waals surface area contributed by atoms with E-state index in [0.29, 0.717) is 18.4 Å². The first-order valence-corrected chi connectivity index (χ1v) is 12.1. The fourth-order valence-corrected chi connectivity index (χ4v) is 5.46. The highest BCUT2D eigenvalue weighted by Crippen LogP contribution is 2.36. The van der Waals surface area contributed by atoms with Crippen LogP contribution in [0.2, 0.25) is 0 Å². The maximum atomic E-state index is 13.2. The molecule has 5 unspecified atom stereocenters. The van der Waals surface area contributed by atoms with Crippen molar-refractivity contribution in [2.24, 2.45) is 23.5 Å². The molecule has 2 aliphatic heterocycles. The number of nitrogens with one attached hydrogen (secondary N) is 4. The predicted octanol–water partition coefficient (Wildman–Crippen LogP) is 2.64. The molecule has 172 valence electrons. The van der Waals surface area contributed by atoms with Gasteiger partial charge in [0.25, 0.3) is 0 Å². The minimum absolute atomic E-state index is 0.000555. The minimum atomic E-state index is -0.0872. The van der Waals surface area contributed by atoms with Gasteiger partial charge in [0.15, 0.2) is 0 Å². The quantitative estimate of drug-likeness (QED) is 0.493. The number of nitrogens with two attached hydrogens (primary N) is 1. The van der Waals surface area contributed by atoms with Crippen molar-refractivity contribution in [2.75, 3.05) is 6.54 Å². The second kappa shape index (κ2) is 10.9. The van der Waals surface area contributed by atoms with E-state index in [9.17, 15) is 4.79 Å². The average molecular weight is 430 g/mol. The van der Waals surface area contributed by atoms with Crippen LogP contribution in [0.15, 0.2) is 24.3 Å². The maximum Gasteiger partial charge on any atom is 0.223 e. The number of hydrogen-bond donors (Lipinski definition) is 5. The fourth-order valence-electron chi connectivity index (χ4n) is 5.46. The van der Waals surface area contributed by atoms with E-state index < -0.39 is 0 Å². The predicted molar refractivity (Wildman–Crippen MR) is 121 cm³/mol. The van der Waals surface area contributed by atoms with Crippen LogP contribution in [-0.4, -0.2) is 24.8 Å². The van der Waals surface area contributed by atoms with Crippen molar-refractivity contribution in [3.05, 3.63) is 35.4 Å². The van der Waals surface area contributed by atoms with Crippen molar-refractivity contribution < 1.29 is 9.63 Å². The Balaban J connectivity index is 1.34. The Morgan fingerprint density at radius 3 is 2.52 bits per heavy atom. The summed E-state index contributed by atoms with van der Waals surface area (Å²) in [6.07, 6.45) is 9.74. The van der Waals surface area contributed by atoms with E-state index in [1.54, 1.807) is 0 Å². The van der Waals surface area contributed by atoms with Crippen molar-refractivity contribution in [3.63, 3.8) is 0 Å². The molecule has 3 aliphatic rings. The van der Waals surface area contributed by atoms with E-state index in [1.165, 1.54) is 44.9 Å². The van der Waals surface area contributed by atoms with Crippen LogP contribution in [0, 0.1) is 17.8 Å². The molecule has 1 aromatic carbocycles. The molecule has 4 rings (SSSR count). The smallest absolute Gasteiger partial charge is 0.223 e. The molecule has 0 radical (unpaired) electrons. The maximum absolute atomic E-state index is 13.2. The Morgan fingerprint density at radius 1 is 1.13 bits per heavy atom. The molecule has 7 nitrogen and oxygen atoms in total. The van der Waals surface area contributed by atoms with Gasteiger partial charge in [-0.15, -0.1) is 0 Å². The first-order chi connectivity index (χ1) is 15.1. The lowest BCUT2D eigenvalue weighted by Gasteiger charge is -2.40. The van der Waals surface area contributed by atoms with Crippen molar-refractivity contribution in [1.29, 1.82) is 0 Å². The third-order valence-electron chi connectivity index (χ3n) is 7.28. The zero-order chi connectivity index (χ0) is 21.6. The molecule has 5 atom stereocenters. The second-order valence-corrected chi connectivity index (χ2v) is 9.56. The number of rotatable bonds is 5. The average Bonchev–Trinajstić information content (AvgIpc) is 3.19. The van der Waals surface area contributed by atoms with Crippen LogP contribution in [0.5, 0.6) is 0 Å². The number of hydrogen-bond acceptors (Lipinski definition) is 6. The lowest BCUT2D eigenvalue weighted by Crippen LogP contribution is -2.54. The van der Waals surface area contributed by atoms with Gasteiger partial charge in [-0.25, -0.2) is 0 Å². The third kappa shape index (κ3) is 6.05. The van der Waals surface area contributed by atoms with Crippen LogP contribution in [0.3, 0.4) is 0 Å². The van der Waals surface area contributed by atoms with Crippen LogP contribution in [0.1, 0.15) is 75.6 Å². The van der Waals surface area contributed by atoms with Crippen molar-refractivity contribution in [3.8, 4) is 0 Å². The molecule has 2 heterocycles. The third-order valence-corrected chi connectivity index (χ3v) is 7.28. The number of amides is 1. The Bertz CT molecular complexity index is 704. The SMILES string of the molecule is CC1NC(c2ccc(CNC(=O)C3CC(N)NCC3C3CCCCCCC3)cc2)NO1. The number of carbonyl (C=O) groups excluding carboxylic acids is 1. The van der Waals surface area contributed by atoms with Crippen molar-refractivity contribution in [2.45, 2.75) is 83.4 Å². The summed E-state index contributed by atoms with van der Waals surface area (Å²) in [7, 11) is 0. The zero-order valence-electron chi connectivity index (χ0n) is 18.7. The molecule has 1 amide bonds. The van der Waals surface area contributed by atoms with Gasteiger partial charge in [0, 0.05) is 19.0 Å². The van der Waals surface area contributed by atoms with Crippen LogP contribution in [-0.2, 0) is 16.2 Å². The summed E-state index contributed by atoms with van der Waals surface area (Å²) < 4.78 is 0. The molecule has 6 N–H and O–H groups in total. The Kier molecular flexibility index (Phi) is 7.96. The van der Waals surface area contributed by atoms with Gasteiger partial charge >= 0.3 is 0 Å². The largest absolute Gasteiger partial charge is 0.352 e. The second-order valence-electron chi connectivity index (χ2n) is 9.56. The fraction of sp³-hybridized carbons (Fsp3) is 0.708. The number of benzene rings is 1. The van der Waals surface area contributed by atoms with Gasteiger partial charge in [-0.2, -0.15) is 5.48 Å². The van der Waals surface area contributed by atoms with Gasteiger partial charge < -0.3 is 16.4 Å². The Labute approximate surface area is 186 Å². The monoisotopic (exact) mass is 429 g/mol. The van der Waals surface area contributed by atoms with E-state index in [1.807, 2.05) is 6.92 Å². The summed E-state index contributed by atoms with van der Waals surface area (Å²) >= 11 is 0. The van der Waals surface area contributed by atoms with Crippen molar-refractivity contribution in [1.82, 2.24) is 21.4 Å². The van der Waals surface area contributed by atoms with E-state index in [4.69, 9.17) is 10.6 Å². The van der Waals surface area contributed by atoms with Gasteiger partial charge in [0.2, 0.25) is 5.91 Å². The summed E-state index contributed by atoms with van der Waals surface area (Å²) in [4.78, 5) is 18.6. The first kappa shape index (κ1) is 22.7. The zero-order valence-corrected chi connectivity index (χ0v) is 18.7. The molecule has 0 spiro atoms. The lowest BCUT2D eigenvalue weighted by atomic mass is 9.72. The van der Waals surface area contributed by atoms with Crippen molar-refractivity contribution >= 4 is 5.91 Å². The molecule has 0 aromatic heterocycles. The minimum Gasteiger partial charge on any atom is -0.352 e. The van der Waals surface area contributed by atoms with Crippen LogP contribution in [0.4, 0.5) is 0 Å². The molecule has 1 saturated carbocycles. The highest BCUT2D eigenvalue weighted by atomic mass is 16.7. The number of carbonyl (C=O) groups is 1.